The van der Waals surface area contributed by atoms with Gasteiger partial charge in [0.2, 0.25) is 0 Å². The summed E-state index contributed by atoms with van der Waals surface area (Å²) in [7, 11) is 0. The van der Waals surface area contributed by atoms with Crippen molar-refractivity contribution < 1.29 is 9.18 Å². The molecule has 0 bridgehead atoms. The van der Waals surface area contributed by atoms with Crippen molar-refractivity contribution in [2.75, 3.05) is 18.4 Å². The molecule has 5 nitrogen and oxygen atoms in total. The summed E-state index contributed by atoms with van der Waals surface area (Å²) in [5.74, 6) is -0.809. The Morgan fingerprint density at radius 2 is 1.86 bits per heavy atom. The second kappa shape index (κ2) is 7.95. The van der Waals surface area contributed by atoms with Crippen LogP contribution in [0.1, 0.15) is 15.9 Å². The number of benzene rings is 3. The molecule has 6 heteroatoms. The zero-order valence-electron chi connectivity index (χ0n) is 15.4. The van der Waals surface area contributed by atoms with Gasteiger partial charge in [-0.15, -0.1) is 0 Å². The molecule has 0 saturated carbocycles. The van der Waals surface area contributed by atoms with E-state index in [0.717, 1.165) is 16.2 Å². The molecule has 0 spiro atoms. The van der Waals surface area contributed by atoms with Gasteiger partial charge < -0.3 is 10.6 Å². The average Bonchev–Trinajstić information content (AvgIpc) is 2.76. The molecule has 1 amide bonds. The number of pyridine rings is 1. The first kappa shape index (κ1) is 18.4. The highest BCUT2D eigenvalue weighted by atomic mass is 19.1. The summed E-state index contributed by atoms with van der Waals surface area (Å²) in [5, 5.41) is 17.9. The van der Waals surface area contributed by atoms with Crippen LogP contribution in [-0.2, 0) is 0 Å². The topological polar surface area (TPSA) is 77.8 Å². The molecule has 4 rings (SSSR count). The number of nitriles is 1. The van der Waals surface area contributed by atoms with Gasteiger partial charge in [0.05, 0.1) is 16.8 Å². The number of anilines is 1. The van der Waals surface area contributed by atoms with E-state index >= 15 is 0 Å². The minimum absolute atomic E-state index is 0.0384. The number of nitrogens with zero attached hydrogens (tertiary/aromatic N) is 2. The van der Waals surface area contributed by atoms with Crippen molar-refractivity contribution >= 4 is 33.3 Å². The van der Waals surface area contributed by atoms with Crippen LogP contribution in [0.5, 0.6) is 0 Å². The molecular weight excluding hydrogens is 367 g/mol. The summed E-state index contributed by atoms with van der Waals surface area (Å²) in [6.07, 6.45) is 1.67. The fourth-order valence-electron chi connectivity index (χ4n) is 3.36. The Kier molecular flexibility index (Phi) is 5.04. The fraction of sp³-hybridized carbons (Fsp3) is 0.0870. The number of amides is 1. The minimum atomic E-state index is -0.574. The Balaban J connectivity index is 1.51. The first-order chi connectivity index (χ1) is 14.2. The van der Waals surface area contributed by atoms with Crippen LogP contribution < -0.4 is 10.6 Å². The number of aromatic nitrogens is 1. The zero-order chi connectivity index (χ0) is 20.2. The SMILES string of the molecule is N#Cc1c(F)cccc1NCCNC(=O)c1cc2ccccc2c2cccnc12. The third-order valence-corrected chi connectivity index (χ3v) is 4.71. The van der Waals surface area contributed by atoms with Crippen LogP contribution in [0.2, 0.25) is 0 Å². The van der Waals surface area contributed by atoms with Crippen molar-refractivity contribution in [3.8, 4) is 6.07 Å². The Bertz CT molecular complexity index is 1260. The lowest BCUT2D eigenvalue weighted by Crippen LogP contribution is -2.29. The predicted molar refractivity (Wildman–Crippen MR) is 111 cm³/mol. The second-order valence-electron chi connectivity index (χ2n) is 6.50. The molecule has 1 aromatic heterocycles. The van der Waals surface area contributed by atoms with E-state index in [-0.39, 0.29) is 11.5 Å². The number of halogens is 1. The van der Waals surface area contributed by atoms with Gasteiger partial charge in [0.25, 0.3) is 5.91 Å². The molecule has 0 unspecified atom stereocenters. The Morgan fingerprint density at radius 1 is 1.03 bits per heavy atom. The van der Waals surface area contributed by atoms with Crippen molar-refractivity contribution in [3.05, 3.63) is 83.8 Å². The molecule has 0 fully saturated rings. The van der Waals surface area contributed by atoms with E-state index in [2.05, 4.69) is 15.6 Å². The van der Waals surface area contributed by atoms with Gasteiger partial charge >= 0.3 is 0 Å². The van der Waals surface area contributed by atoms with E-state index in [9.17, 15) is 9.18 Å². The number of rotatable bonds is 5. The van der Waals surface area contributed by atoms with Crippen molar-refractivity contribution in [1.82, 2.24) is 10.3 Å². The number of hydrogen-bond donors (Lipinski definition) is 2. The lowest BCUT2D eigenvalue weighted by molar-refractivity contribution is 0.0957. The molecule has 0 saturated heterocycles. The Hall–Kier alpha value is -3.98. The van der Waals surface area contributed by atoms with Gasteiger partial charge in [-0.05, 0) is 35.0 Å². The number of carbonyl (C=O) groups excluding carboxylic acids is 1. The first-order valence-corrected chi connectivity index (χ1v) is 9.16. The van der Waals surface area contributed by atoms with Crippen molar-refractivity contribution in [2.45, 2.75) is 0 Å². The number of hydrogen-bond acceptors (Lipinski definition) is 4. The van der Waals surface area contributed by atoms with Crippen LogP contribution in [-0.4, -0.2) is 24.0 Å². The van der Waals surface area contributed by atoms with Crippen molar-refractivity contribution in [1.29, 1.82) is 5.26 Å². The lowest BCUT2D eigenvalue weighted by atomic mass is 10.0. The van der Waals surface area contributed by atoms with Crippen LogP contribution in [0, 0.1) is 17.1 Å². The number of fused-ring (bicyclic) bond motifs is 3. The fourth-order valence-corrected chi connectivity index (χ4v) is 3.36. The smallest absolute Gasteiger partial charge is 0.253 e. The highest BCUT2D eigenvalue weighted by Crippen LogP contribution is 2.27. The summed E-state index contributed by atoms with van der Waals surface area (Å²) in [4.78, 5) is 17.2. The van der Waals surface area contributed by atoms with Gasteiger partial charge in [0.15, 0.2) is 0 Å². The molecule has 29 heavy (non-hydrogen) atoms. The van der Waals surface area contributed by atoms with E-state index in [0.29, 0.717) is 29.9 Å². The van der Waals surface area contributed by atoms with Gasteiger partial charge in [-0.1, -0.05) is 36.4 Å². The largest absolute Gasteiger partial charge is 0.382 e. The average molecular weight is 384 g/mol. The summed E-state index contributed by atoms with van der Waals surface area (Å²) in [6, 6.07) is 19.8. The van der Waals surface area contributed by atoms with Gasteiger partial charge in [0.1, 0.15) is 17.4 Å². The standard InChI is InChI=1S/C23H17FN4O/c24-20-8-3-9-21(19(20)14-25)26-11-12-28-23(29)18-13-15-5-1-2-6-16(15)17-7-4-10-27-22(17)18/h1-10,13,26H,11-12H2,(H,28,29). The summed E-state index contributed by atoms with van der Waals surface area (Å²) in [5.41, 5.74) is 1.51. The zero-order valence-corrected chi connectivity index (χ0v) is 15.4. The predicted octanol–water partition coefficient (Wildman–Crippen LogP) is 4.24. The molecule has 4 aromatic rings. The molecule has 0 atom stereocenters. The molecule has 1 heterocycles. The summed E-state index contributed by atoms with van der Waals surface area (Å²) in [6.45, 7) is 0.657. The maximum atomic E-state index is 13.6. The quantitative estimate of drug-likeness (QED) is 0.398. The number of nitrogens with one attached hydrogen (secondary N) is 2. The van der Waals surface area contributed by atoms with Crippen LogP contribution >= 0.6 is 0 Å². The van der Waals surface area contributed by atoms with Crippen molar-refractivity contribution in [3.63, 3.8) is 0 Å². The molecule has 0 aliphatic heterocycles. The van der Waals surface area contributed by atoms with E-state index in [4.69, 9.17) is 5.26 Å². The van der Waals surface area contributed by atoms with Gasteiger partial charge in [-0.2, -0.15) is 5.26 Å². The second-order valence-corrected chi connectivity index (χ2v) is 6.50. The third kappa shape index (κ3) is 3.58. The van der Waals surface area contributed by atoms with Crippen LogP contribution in [0.4, 0.5) is 10.1 Å². The lowest BCUT2D eigenvalue weighted by Gasteiger charge is -2.12. The first-order valence-electron chi connectivity index (χ1n) is 9.16. The van der Waals surface area contributed by atoms with Crippen LogP contribution in [0.15, 0.2) is 66.9 Å². The van der Waals surface area contributed by atoms with E-state index < -0.39 is 5.82 Å². The molecule has 0 aliphatic rings. The minimum Gasteiger partial charge on any atom is -0.382 e. The summed E-state index contributed by atoms with van der Waals surface area (Å²) < 4.78 is 13.6. The molecule has 0 aliphatic carbocycles. The highest BCUT2D eigenvalue weighted by molar-refractivity contribution is 6.15. The van der Waals surface area contributed by atoms with E-state index in [1.165, 1.54) is 12.1 Å². The van der Waals surface area contributed by atoms with E-state index in [1.54, 1.807) is 12.3 Å². The normalized spacial score (nSPS) is 10.6. The maximum Gasteiger partial charge on any atom is 0.253 e. The van der Waals surface area contributed by atoms with Crippen LogP contribution in [0.3, 0.4) is 0 Å². The monoisotopic (exact) mass is 384 g/mol. The van der Waals surface area contributed by atoms with Gasteiger partial charge in [0, 0.05) is 24.7 Å². The molecule has 3 aromatic carbocycles. The Labute approximate surface area is 166 Å². The van der Waals surface area contributed by atoms with Crippen molar-refractivity contribution in [2.24, 2.45) is 0 Å². The molecular formula is C23H17FN4O. The maximum absolute atomic E-state index is 13.6. The highest BCUT2D eigenvalue weighted by Gasteiger charge is 2.14. The third-order valence-electron chi connectivity index (χ3n) is 4.71. The van der Waals surface area contributed by atoms with Gasteiger partial charge in [-0.25, -0.2) is 4.39 Å². The van der Waals surface area contributed by atoms with Crippen LogP contribution in [0.25, 0.3) is 21.7 Å². The molecule has 2 N–H and O–H groups in total. The summed E-state index contributed by atoms with van der Waals surface area (Å²) >= 11 is 0. The molecule has 142 valence electrons. The van der Waals surface area contributed by atoms with E-state index in [1.807, 2.05) is 48.5 Å². The number of carbonyl (C=O) groups is 1. The Morgan fingerprint density at radius 3 is 2.72 bits per heavy atom. The van der Waals surface area contributed by atoms with Gasteiger partial charge in [-0.3, -0.25) is 9.78 Å². The molecule has 0 radical (unpaired) electrons.